The number of hydrogen-bond donors (Lipinski definition) is 2. The summed E-state index contributed by atoms with van der Waals surface area (Å²) in [6.07, 6.45) is 10.7. The van der Waals surface area contributed by atoms with Gasteiger partial charge in [-0.2, -0.15) is 0 Å². The van der Waals surface area contributed by atoms with Crippen LogP contribution in [-0.2, 0) is 16.4 Å². The smallest absolute Gasteiger partial charge is 0.208 e. The first-order valence-electron chi connectivity index (χ1n) is 8.34. The average Bonchev–Trinajstić information content (AvgIpc) is 3.10. The minimum absolute atomic E-state index is 0.309. The molecule has 0 saturated carbocycles. The monoisotopic (exact) mass is 347 g/mol. The molecule has 0 aliphatic carbocycles. The zero-order valence-corrected chi connectivity index (χ0v) is 15.1. The van der Waals surface area contributed by atoms with Crippen LogP contribution in [0.1, 0.15) is 24.0 Å². The van der Waals surface area contributed by atoms with E-state index in [2.05, 4.69) is 40.0 Å². The van der Waals surface area contributed by atoms with Gasteiger partial charge in [-0.1, -0.05) is 18.2 Å². The molecule has 6 heteroatoms. The lowest BCUT2D eigenvalue weighted by Crippen LogP contribution is -2.26. The highest BCUT2D eigenvalue weighted by Crippen LogP contribution is 2.25. The van der Waals surface area contributed by atoms with Crippen molar-refractivity contribution >= 4 is 27.0 Å². The molecule has 5 nitrogen and oxygen atoms in total. The number of aromatic amines is 1. The van der Waals surface area contributed by atoms with Crippen LogP contribution in [0.5, 0.6) is 0 Å². The lowest BCUT2D eigenvalue weighted by molar-refractivity contribution is 0.310. The second-order valence-electron chi connectivity index (χ2n) is 6.62. The van der Waals surface area contributed by atoms with Gasteiger partial charge in [0.15, 0.2) is 0 Å². The van der Waals surface area contributed by atoms with Crippen molar-refractivity contribution in [3.63, 3.8) is 0 Å². The van der Waals surface area contributed by atoms with Gasteiger partial charge in [0.25, 0.3) is 0 Å². The summed E-state index contributed by atoms with van der Waals surface area (Å²) in [6.45, 7) is 1.50. The first-order valence-corrected chi connectivity index (χ1v) is 10.2. The van der Waals surface area contributed by atoms with Crippen LogP contribution in [0.2, 0.25) is 0 Å². The number of nitrogens with one attached hydrogen (secondary N) is 2. The first-order chi connectivity index (χ1) is 11.4. The van der Waals surface area contributed by atoms with E-state index in [1.807, 2.05) is 18.2 Å². The number of benzene rings is 1. The molecule has 0 spiro atoms. The fourth-order valence-electron chi connectivity index (χ4n) is 3.35. The summed E-state index contributed by atoms with van der Waals surface area (Å²) in [4.78, 5) is 5.80. The Morgan fingerprint density at radius 1 is 1.42 bits per heavy atom. The number of hydrogen-bond acceptors (Lipinski definition) is 3. The third kappa shape index (κ3) is 4.26. The van der Waals surface area contributed by atoms with Crippen molar-refractivity contribution in [1.29, 1.82) is 0 Å². The molecule has 0 amide bonds. The third-order valence-corrected chi connectivity index (χ3v) is 5.38. The number of fused-ring (bicyclic) bond motifs is 1. The van der Waals surface area contributed by atoms with Crippen molar-refractivity contribution < 1.29 is 8.42 Å². The number of sulfonamides is 1. The Morgan fingerprint density at radius 3 is 2.96 bits per heavy atom. The van der Waals surface area contributed by atoms with E-state index in [9.17, 15) is 8.42 Å². The zero-order valence-electron chi connectivity index (χ0n) is 14.2. The molecule has 24 heavy (non-hydrogen) atoms. The standard InChI is InChI=1S/C18H25N3O2S/c1-21-10-4-6-16(21)12-15-13-19-18-8-7-14(11-17(15)18)5-3-9-20-24(2,22)23/h3,5,7-8,11,13,16,19-20H,4,6,9-10,12H2,1-2H3. The van der Waals surface area contributed by atoms with Gasteiger partial charge in [0.05, 0.1) is 6.26 Å². The van der Waals surface area contributed by atoms with Crippen LogP contribution in [0.4, 0.5) is 0 Å². The Morgan fingerprint density at radius 2 is 2.25 bits per heavy atom. The van der Waals surface area contributed by atoms with Gasteiger partial charge < -0.3 is 9.88 Å². The Labute approximate surface area is 143 Å². The molecule has 1 aliphatic rings. The summed E-state index contributed by atoms with van der Waals surface area (Å²) in [5.74, 6) is 0. The molecule has 1 aromatic carbocycles. The van der Waals surface area contributed by atoms with E-state index in [4.69, 9.17) is 0 Å². The molecule has 2 heterocycles. The number of likely N-dealkylation sites (N-methyl/N-ethyl adjacent to an activating group) is 1. The minimum Gasteiger partial charge on any atom is -0.361 e. The largest absolute Gasteiger partial charge is 0.361 e. The van der Waals surface area contributed by atoms with E-state index < -0.39 is 10.0 Å². The first kappa shape index (κ1) is 17.2. The van der Waals surface area contributed by atoms with Crippen molar-refractivity contribution in [3.05, 3.63) is 41.6 Å². The average molecular weight is 347 g/mol. The zero-order chi connectivity index (χ0) is 17.2. The van der Waals surface area contributed by atoms with E-state index in [-0.39, 0.29) is 0 Å². The highest BCUT2D eigenvalue weighted by Gasteiger charge is 2.22. The number of aromatic nitrogens is 1. The highest BCUT2D eigenvalue weighted by molar-refractivity contribution is 7.88. The summed E-state index contributed by atoms with van der Waals surface area (Å²) >= 11 is 0. The quantitative estimate of drug-likeness (QED) is 0.843. The summed E-state index contributed by atoms with van der Waals surface area (Å²) in [5.41, 5.74) is 3.59. The molecule has 1 atom stereocenters. The Balaban J connectivity index is 1.74. The van der Waals surface area contributed by atoms with Crippen LogP contribution in [0.25, 0.3) is 17.0 Å². The molecule has 1 aromatic heterocycles. The Bertz CT molecular complexity index is 839. The SMILES string of the molecule is CN1CCCC1Cc1c[nH]c2ccc(C=CCNS(C)(=O)=O)cc12. The molecule has 2 aromatic rings. The van der Waals surface area contributed by atoms with Crippen LogP contribution in [-0.4, -0.2) is 50.7 Å². The van der Waals surface area contributed by atoms with Crippen molar-refractivity contribution in [2.24, 2.45) is 0 Å². The van der Waals surface area contributed by atoms with E-state index in [0.717, 1.165) is 17.5 Å². The predicted octanol–water partition coefficient (Wildman–Crippen LogP) is 2.37. The van der Waals surface area contributed by atoms with Gasteiger partial charge in [0, 0.05) is 29.7 Å². The molecular formula is C18H25N3O2S. The number of likely N-dealkylation sites (tertiary alicyclic amines) is 1. The molecule has 1 unspecified atom stereocenters. The van der Waals surface area contributed by atoms with Gasteiger partial charge in [0.2, 0.25) is 10.0 Å². The van der Waals surface area contributed by atoms with Crippen LogP contribution < -0.4 is 4.72 Å². The molecular weight excluding hydrogens is 322 g/mol. The maximum Gasteiger partial charge on any atom is 0.208 e. The number of H-pyrrole nitrogens is 1. The minimum atomic E-state index is -3.14. The maximum absolute atomic E-state index is 11.1. The van der Waals surface area contributed by atoms with E-state index in [0.29, 0.717) is 12.6 Å². The maximum atomic E-state index is 11.1. The highest BCUT2D eigenvalue weighted by atomic mass is 32.2. The fraction of sp³-hybridized carbons (Fsp3) is 0.444. The molecule has 0 radical (unpaired) electrons. The van der Waals surface area contributed by atoms with Crippen molar-refractivity contribution in [1.82, 2.24) is 14.6 Å². The van der Waals surface area contributed by atoms with Crippen molar-refractivity contribution in [2.75, 3.05) is 26.4 Å². The molecule has 3 rings (SSSR count). The molecule has 1 fully saturated rings. The molecule has 1 aliphatic heterocycles. The lowest BCUT2D eigenvalue weighted by Gasteiger charge is -2.18. The van der Waals surface area contributed by atoms with Gasteiger partial charge in [-0.15, -0.1) is 0 Å². The van der Waals surface area contributed by atoms with Crippen molar-refractivity contribution in [3.8, 4) is 0 Å². The second-order valence-corrected chi connectivity index (χ2v) is 8.46. The topological polar surface area (TPSA) is 65.2 Å². The molecule has 0 bridgehead atoms. The van der Waals surface area contributed by atoms with E-state index in [1.54, 1.807) is 0 Å². The predicted molar refractivity (Wildman–Crippen MR) is 99.5 cm³/mol. The fourth-order valence-corrected chi connectivity index (χ4v) is 3.75. The Hall–Kier alpha value is -1.63. The third-order valence-electron chi connectivity index (χ3n) is 4.69. The van der Waals surface area contributed by atoms with Crippen LogP contribution in [0.15, 0.2) is 30.5 Å². The van der Waals surface area contributed by atoms with Crippen molar-refractivity contribution in [2.45, 2.75) is 25.3 Å². The van der Waals surface area contributed by atoms with E-state index >= 15 is 0 Å². The number of rotatable bonds is 6. The van der Waals surface area contributed by atoms with Crippen LogP contribution in [0.3, 0.4) is 0 Å². The Kier molecular flexibility index (Phi) is 5.08. The normalized spacial score (nSPS) is 19.7. The summed E-state index contributed by atoms with van der Waals surface area (Å²) < 4.78 is 24.6. The summed E-state index contributed by atoms with van der Waals surface area (Å²) in [7, 11) is -0.937. The van der Waals surface area contributed by atoms with Gasteiger partial charge in [-0.3, -0.25) is 0 Å². The van der Waals surface area contributed by atoms with Gasteiger partial charge in [0.1, 0.15) is 0 Å². The second kappa shape index (κ2) is 7.09. The molecule has 130 valence electrons. The van der Waals surface area contributed by atoms with Gasteiger partial charge >= 0.3 is 0 Å². The summed E-state index contributed by atoms with van der Waals surface area (Å²) in [6, 6.07) is 6.93. The summed E-state index contributed by atoms with van der Waals surface area (Å²) in [5, 5.41) is 1.26. The lowest BCUT2D eigenvalue weighted by atomic mass is 10.0. The molecule has 2 N–H and O–H groups in total. The van der Waals surface area contributed by atoms with Crippen LogP contribution in [0, 0.1) is 0 Å². The van der Waals surface area contributed by atoms with E-state index in [1.165, 1.54) is 36.6 Å². The van der Waals surface area contributed by atoms with Gasteiger partial charge in [-0.05, 0) is 56.1 Å². The van der Waals surface area contributed by atoms with Crippen LogP contribution >= 0.6 is 0 Å². The number of nitrogens with zero attached hydrogens (tertiary/aromatic N) is 1. The van der Waals surface area contributed by atoms with Gasteiger partial charge in [-0.25, -0.2) is 13.1 Å². The molecule has 1 saturated heterocycles.